The first-order valence-corrected chi connectivity index (χ1v) is 8.82. The summed E-state index contributed by atoms with van der Waals surface area (Å²) in [4.78, 5) is 38.1. The molecule has 136 valence electrons. The van der Waals surface area contributed by atoms with E-state index in [4.69, 9.17) is 4.42 Å². The molecule has 1 aromatic carbocycles. The van der Waals surface area contributed by atoms with Crippen molar-refractivity contribution < 1.29 is 14.0 Å². The Labute approximate surface area is 150 Å². The van der Waals surface area contributed by atoms with E-state index in [0.29, 0.717) is 24.1 Å². The molecule has 2 aliphatic rings. The maximum Gasteiger partial charge on any atom is 0.420 e. The number of allylic oxidation sites excluding steroid dienone is 1. The molecule has 1 aliphatic carbocycles. The van der Waals surface area contributed by atoms with Gasteiger partial charge in [0, 0.05) is 31.1 Å². The van der Waals surface area contributed by atoms with Crippen molar-refractivity contribution in [1.29, 1.82) is 0 Å². The first kappa shape index (κ1) is 16.6. The van der Waals surface area contributed by atoms with Crippen molar-refractivity contribution >= 4 is 22.9 Å². The van der Waals surface area contributed by atoms with E-state index in [2.05, 4.69) is 11.4 Å². The smallest absolute Gasteiger partial charge is 0.408 e. The Morgan fingerprint density at radius 1 is 1.27 bits per heavy atom. The molecule has 1 saturated heterocycles. The second-order valence-corrected chi connectivity index (χ2v) is 7.06. The molecule has 0 bridgehead atoms. The van der Waals surface area contributed by atoms with Crippen molar-refractivity contribution in [2.24, 2.45) is 5.41 Å². The number of carbonyl (C=O) groups is 2. The van der Waals surface area contributed by atoms with Crippen LogP contribution < -0.4 is 11.1 Å². The summed E-state index contributed by atoms with van der Waals surface area (Å²) in [5.41, 5.74) is 1.91. The largest absolute Gasteiger partial charge is 0.420 e. The molecule has 4 rings (SSSR count). The Kier molecular flexibility index (Phi) is 3.94. The number of carbonyl (C=O) groups excluding carboxylic acids is 2. The highest BCUT2D eigenvalue weighted by Crippen LogP contribution is 2.46. The zero-order valence-electron chi connectivity index (χ0n) is 14.7. The highest BCUT2D eigenvalue weighted by Gasteiger charge is 2.44. The van der Waals surface area contributed by atoms with Crippen molar-refractivity contribution in [2.45, 2.75) is 32.2 Å². The van der Waals surface area contributed by atoms with Crippen LogP contribution in [0.1, 0.15) is 25.7 Å². The van der Waals surface area contributed by atoms with Crippen LogP contribution in [0.2, 0.25) is 0 Å². The van der Waals surface area contributed by atoms with Crippen molar-refractivity contribution in [2.75, 3.05) is 13.6 Å². The van der Waals surface area contributed by atoms with Crippen LogP contribution in [0.25, 0.3) is 11.1 Å². The van der Waals surface area contributed by atoms with Crippen LogP contribution in [0.15, 0.2) is 45.3 Å². The minimum Gasteiger partial charge on any atom is -0.408 e. The molecule has 0 radical (unpaired) electrons. The second kappa shape index (κ2) is 6.16. The van der Waals surface area contributed by atoms with Gasteiger partial charge in [0.2, 0.25) is 11.8 Å². The minimum atomic E-state index is -0.538. The molecule has 1 aliphatic heterocycles. The Balaban J connectivity index is 1.47. The van der Waals surface area contributed by atoms with Crippen LogP contribution in [0.4, 0.5) is 0 Å². The molecule has 7 heteroatoms. The van der Waals surface area contributed by atoms with Gasteiger partial charge in [-0.3, -0.25) is 14.2 Å². The van der Waals surface area contributed by atoms with E-state index in [1.165, 1.54) is 4.57 Å². The maximum atomic E-state index is 12.5. The topological polar surface area (TPSA) is 84.5 Å². The summed E-state index contributed by atoms with van der Waals surface area (Å²) >= 11 is 0. The quantitative estimate of drug-likeness (QED) is 0.903. The average molecular weight is 355 g/mol. The Morgan fingerprint density at radius 3 is 2.92 bits per heavy atom. The van der Waals surface area contributed by atoms with Crippen molar-refractivity contribution in [1.82, 2.24) is 14.8 Å². The number of likely N-dealkylation sites (tertiary alicyclic amines) is 1. The average Bonchev–Trinajstić information content (AvgIpc) is 3.19. The van der Waals surface area contributed by atoms with Crippen LogP contribution >= 0.6 is 0 Å². The number of aromatic nitrogens is 1. The molecule has 7 nitrogen and oxygen atoms in total. The van der Waals surface area contributed by atoms with Gasteiger partial charge in [0.15, 0.2) is 5.58 Å². The number of nitrogens with zero attached hydrogens (tertiary/aromatic N) is 2. The molecule has 0 spiro atoms. The fourth-order valence-corrected chi connectivity index (χ4v) is 4.12. The van der Waals surface area contributed by atoms with Gasteiger partial charge in [0.05, 0.1) is 5.52 Å². The third-order valence-corrected chi connectivity index (χ3v) is 5.56. The molecule has 1 fully saturated rings. The number of fused-ring (bicyclic) bond motifs is 2. The second-order valence-electron chi connectivity index (χ2n) is 7.06. The van der Waals surface area contributed by atoms with E-state index in [0.717, 1.165) is 25.0 Å². The zero-order chi connectivity index (χ0) is 18.3. The van der Waals surface area contributed by atoms with Crippen LogP contribution in [0.5, 0.6) is 0 Å². The number of hydrogen-bond donors (Lipinski definition) is 1. The predicted octanol–water partition coefficient (Wildman–Crippen LogP) is 1.63. The van der Waals surface area contributed by atoms with Crippen LogP contribution in [0.3, 0.4) is 0 Å². The number of oxazole rings is 1. The lowest BCUT2D eigenvalue weighted by atomic mass is 9.77. The summed E-state index contributed by atoms with van der Waals surface area (Å²) < 4.78 is 6.50. The first-order chi connectivity index (χ1) is 12.5. The third kappa shape index (κ3) is 2.64. The standard InChI is InChI=1S/C19H21N3O4/c1-21-15-7-4-9-19(15,10-8-17(21)24)12-20-16(23)11-22-13-5-2-3-6-14(13)26-18(22)25/h2-3,5-7H,4,8-12H2,1H3,(H,20,23). The fraction of sp³-hybridized carbons (Fsp3) is 0.421. The first-order valence-electron chi connectivity index (χ1n) is 8.82. The highest BCUT2D eigenvalue weighted by atomic mass is 16.4. The summed E-state index contributed by atoms with van der Waals surface area (Å²) in [6, 6.07) is 7.04. The van der Waals surface area contributed by atoms with Gasteiger partial charge in [-0.2, -0.15) is 0 Å². The number of hydrogen-bond acceptors (Lipinski definition) is 4. The molecule has 1 atom stereocenters. The maximum absolute atomic E-state index is 12.5. The van der Waals surface area contributed by atoms with Crippen molar-refractivity contribution in [3.63, 3.8) is 0 Å². The van der Waals surface area contributed by atoms with Gasteiger partial charge in [-0.05, 0) is 31.4 Å². The Hall–Kier alpha value is -2.83. The lowest BCUT2D eigenvalue weighted by molar-refractivity contribution is -0.132. The molecular formula is C19H21N3O4. The molecule has 26 heavy (non-hydrogen) atoms. The molecule has 0 saturated carbocycles. The van der Waals surface area contributed by atoms with E-state index >= 15 is 0 Å². The summed E-state index contributed by atoms with van der Waals surface area (Å²) in [7, 11) is 1.80. The highest BCUT2D eigenvalue weighted by molar-refractivity contribution is 5.81. The van der Waals surface area contributed by atoms with Gasteiger partial charge in [-0.25, -0.2) is 4.79 Å². The van der Waals surface area contributed by atoms with E-state index in [9.17, 15) is 14.4 Å². The SMILES string of the molecule is CN1C(=O)CCC2(CNC(=O)Cn3c(=O)oc4ccccc43)CCC=C12. The lowest BCUT2D eigenvalue weighted by Crippen LogP contribution is -2.47. The van der Waals surface area contributed by atoms with Gasteiger partial charge >= 0.3 is 5.76 Å². The van der Waals surface area contributed by atoms with Gasteiger partial charge in [0.1, 0.15) is 6.54 Å². The molecule has 2 heterocycles. The minimum absolute atomic E-state index is 0.0836. The number of amides is 2. The number of piperidine rings is 1. The summed E-state index contributed by atoms with van der Waals surface area (Å²) in [5.74, 6) is -0.653. The van der Waals surface area contributed by atoms with Crippen LogP contribution in [-0.4, -0.2) is 34.9 Å². The molecular weight excluding hydrogens is 334 g/mol. The number of rotatable bonds is 4. The van der Waals surface area contributed by atoms with Crippen LogP contribution in [-0.2, 0) is 16.1 Å². The molecule has 2 aromatic rings. The lowest BCUT2D eigenvalue weighted by Gasteiger charge is -2.41. The Morgan fingerprint density at radius 2 is 2.08 bits per heavy atom. The third-order valence-electron chi connectivity index (χ3n) is 5.56. The van der Waals surface area contributed by atoms with Gasteiger partial charge in [0.25, 0.3) is 0 Å². The van der Waals surface area contributed by atoms with Gasteiger partial charge in [-0.1, -0.05) is 18.2 Å². The van der Waals surface area contributed by atoms with Gasteiger partial charge < -0.3 is 14.6 Å². The van der Waals surface area contributed by atoms with E-state index in [-0.39, 0.29) is 23.8 Å². The Bertz CT molecular complexity index is 971. The number of benzene rings is 1. The normalized spacial score (nSPS) is 22.4. The summed E-state index contributed by atoms with van der Waals surface area (Å²) in [6.07, 6.45) is 5.17. The molecule has 1 aromatic heterocycles. The van der Waals surface area contributed by atoms with E-state index in [1.54, 1.807) is 36.2 Å². The van der Waals surface area contributed by atoms with E-state index in [1.807, 2.05) is 0 Å². The zero-order valence-corrected chi connectivity index (χ0v) is 14.7. The monoisotopic (exact) mass is 355 g/mol. The summed E-state index contributed by atoms with van der Waals surface area (Å²) in [6.45, 7) is 0.388. The summed E-state index contributed by atoms with van der Waals surface area (Å²) in [5, 5.41) is 2.96. The van der Waals surface area contributed by atoms with Crippen molar-refractivity contribution in [3.8, 4) is 0 Å². The van der Waals surface area contributed by atoms with Crippen molar-refractivity contribution in [3.05, 3.63) is 46.6 Å². The molecule has 1 N–H and O–H groups in total. The van der Waals surface area contributed by atoms with Gasteiger partial charge in [-0.15, -0.1) is 0 Å². The fourth-order valence-electron chi connectivity index (χ4n) is 4.12. The van der Waals surface area contributed by atoms with Crippen LogP contribution in [0, 0.1) is 5.41 Å². The number of para-hydroxylation sites is 2. The molecule has 1 unspecified atom stereocenters. The van der Waals surface area contributed by atoms with E-state index < -0.39 is 5.76 Å². The number of nitrogens with one attached hydrogen (secondary N) is 1. The molecule has 2 amide bonds. The predicted molar refractivity (Wildman–Crippen MR) is 95.2 cm³/mol.